The molecule has 1 aliphatic carbocycles. The van der Waals surface area contributed by atoms with Crippen LogP contribution in [0.1, 0.15) is 44.1 Å². The first-order valence-corrected chi connectivity index (χ1v) is 8.14. The maximum Gasteiger partial charge on any atom is 0.120 e. The molecule has 0 radical (unpaired) electrons. The van der Waals surface area contributed by atoms with Gasteiger partial charge in [0.2, 0.25) is 0 Å². The molecular weight excluding hydrogens is 274 g/mol. The molecule has 1 fully saturated rings. The molecule has 0 saturated heterocycles. The van der Waals surface area contributed by atoms with Crippen LogP contribution in [0.3, 0.4) is 0 Å². The first kappa shape index (κ1) is 15.0. The van der Waals surface area contributed by atoms with E-state index in [1.165, 1.54) is 38.5 Å². The third-order valence-corrected chi connectivity index (χ3v) is 4.37. The van der Waals surface area contributed by atoms with Gasteiger partial charge in [0.1, 0.15) is 5.75 Å². The van der Waals surface area contributed by atoms with Crippen molar-refractivity contribution >= 4 is 0 Å². The van der Waals surface area contributed by atoms with Gasteiger partial charge in [-0.15, -0.1) is 0 Å². The van der Waals surface area contributed by atoms with E-state index < -0.39 is 0 Å². The van der Waals surface area contributed by atoms with Gasteiger partial charge in [0.05, 0.1) is 11.9 Å². The van der Waals surface area contributed by atoms with E-state index in [2.05, 4.69) is 15.3 Å². The summed E-state index contributed by atoms with van der Waals surface area (Å²) in [7, 11) is 0. The normalized spacial score (nSPS) is 16.4. The van der Waals surface area contributed by atoms with E-state index in [4.69, 9.17) is 0 Å². The molecule has 0 unspecified atom stereocenters. The lowest BCUT2D eigenvalue weighted by Crippen LogP contribution is -2.27. The van der Waals surface area contributed by atoms with Gasteiger partial charge in [-0.2, -0.15) is 0 Å². The van der Waals surface area contributed by atoms with Crippen LogP contribution in [0.4, 0.5) is 0 Å². The van der Waals surface area contributed by atoms with Crippen LogP contribution >= 0.6 is 0 Å². The largest absolute Gasteiger partial charge is 0.508 e. The SMILES string of the molecule is Oc1ccc(-c2cnccn2)cc1CNC1CCCCCC1. The molecule has 0 bridgehead atoms. The Morgan fingerprint density at radius 2 is 1.91 bits per heavy atom. The van der Waals surface area contributed by atoms with Gasteiger partial charge in [0.25, 0.3) is 0 Å². The van der Waals surface area contributed by atoms with Crippen LogP contribution in [0, 0.1) is 0 Å². The Labute approximate surface area is 131 Å². The molecular formula is C18H23N3O. The first-order chi connectivity index (χ1) is 10.8. The van der Waals surface area contributed by atoms with E-state index >= 15 is 0 Å². The number of rotatable bonds is 4. The number of hydrogen-bond donors (Lipinski definition) is 2. The minimum Gasteiger partial charge on any atom is -0.508 e. The van der Waals surface area contributed by atoms with Crippen LogP contribution in [-0.4, -0.2) is 21.1 Å². The predicted octanol–water partition coefficient (Wildman–Crippen LogP) is 3.66. The lowest BCUT2D eigenvalue weighted by atomic mass is 10.1. The second kappa shape index (κ2) is 7.36. The molecule has 2 aromatic rings. The van der Waals surface area contributed by atoms with Gasteiger partial charge < -0.3 is 10.4 Å². The average molecular weight is 297 g/mol. The summed E-state index contributed by atoms with van der Waals surface area (Å²) in [5.74, 6) is 0.341. The summed E-state index contributed by atoms with van der Waals surface area (Å²) < 4.78 is 0. The highest BCUT2D eigenvalue weighted by Gasteiger charge is 2.13. The fraction of sp³-hybridized carbons (Fsp3) is 0.444. The van der Waals surface area contributed by atoms with E-state index in [1.807, 2.05) is 12.1 Å². The molecule has 3 rings (SSSR count). The molecule has 1 aliphatic rings. The zero-order chi connectivity index (χ0) is 15.2. The molecule has 2 N–H and O–H groups in total. The number of phenols is 1. The van der Waals surface area contributed by atoms with Crippen molar-refractivity contribution in [1.82, 2.24) is 15.3 Å². The minimum absolute atomic E-state index is 0.341. The number of nitrogens with zero attached hydrogens (tertiary/aromatic N) is 2. The number of phenolic OH excluding ortho intramolecular Hbond substituents is 1. The smallest absolute Gasteiger partial charge is 0.120 e. The Morgan fingerprint density at radius 1 is 1.09 bits per heavy atom. The third kappa shape index (κ3) is 3.83. The van der Waals surface area contributed by atoms with Gasteiger partial charge in [-0.05, 0) is 31.0 Å². The van der Waals surface area contributed by atoms with E-state index in [0.717, 1.165) is 16.8 Å². The van der Waals surface area contributed by atoms with Crippen molar-refractivity contribution in [3.63, 3.8) is 0 Å². The topological polar surface area (TPSA) is 58.0 Å². The second-order valence-corrected chi connectivity index (χ2v) is 6.00. The van der Waals surface area contributed by atoms with Crippen molar-refractivity contribution in [3.05, 3.63) is 42.4 Å². The number of aromatic hydroxyl groups is 1. The monoisotopic (exact) mass is 297 g/mol. The predicted molar refractivity (Wildman–Crippen MR) is 87.5 cm³/mol. The fourth-order valence-electron chi connectivity index (χ4n) is 3.07. The Kier molecular flexibility index (Phi) is 5.01. The molecule has 0 amide bonds. The summed E-state index contributed by atoms with van der Waals surface area (Å²) in [6.45, 7) is 0.699. The number of benzene rings is 1. The molecule has 0 atom stereocenters. The fourth-order valence-corrected chi connectivity index (χ4v) is 3.07. The molecule has 4 nitrogen and oxygen atoms in total. The van der Waals surface area contributed by atoms with Gasteiger partial charge in [0, 0.05) is 36.1 Å². The van der Waals surface area contributed by atoms with E-state index in [9.17, 15) is 5.11 Å². The van der Waals surface area contributed by atoms with Gasteiger partial charge >= 0.3 is 0 Å². The van der Waals surface area contributed by atoms with E-state index in [0.29, 0.717) is 18.3 Å². The van der Waals surface area contributed by atoms with Crippen molar-refractivity contribution in [1.29, 1.82) is 0 Å². The quantitative estimate of drug-likeness (QED) is 0.846. The zero-order valence-corrected chi connectivity index (χ0v) is 12.8. The Bertz CT molecular complexity index is 593. The van der Waals surface area contributed by atoms with Gasteiger partial charge in [-0.3, -0.25) is 9.97 Å². The van der Waals surface area contributed by atoms with Crippen LogP contribution in [0.2, 0.25) is 0 Å². The Hall–Kier alpha value is -1.94. The Morgan fingerprint density at radius 3 is 2.64 bits per heavy atom. The van der Waals surface area contributed by atoms with Crippen LogP contribution in [-0.2, 0) is 6.54 Å². The number of nitrogens with one attached hydrogen (secondary N) is 1. The van der Waals surface area contributed by atoms with Crippen LogP contribution < -0.4 is 5.32 Å². The van der Waals surface area contributed by atoms with Crippen molar-refractivity contribution in [2.45, 2.75) is 51.1 Å². The van der Waals surface area contributed by atoms with E-state index in [-0.39, 0.29) is 0 Å². The lowest BCUT2D eigenvalue weighted by molar-refractivity contribution is 0.437. The maximum atomic E-state index is 10.1. The first-order valence-electron chi connectivity index (χ1n) is 8.14. The van der Waals surface area contributed by atoms with Gasteiger partial charge in [0.15, 0.2) is 0 Å². The molecule has 1 heterocycles. The van der Waals surface area contributed by atoms with Crippen LogP contribution in [0.15, 0.2) is 36.8 Å². The highest BCUT2D eigenvalue weighted by atomic mass is 16.3. The maximum absolute atomic E-state index is 10.1. The summed E-state index contributed by atoms with van der Waals surface area (Å²) in [4.78, 5) is 8.42. The Balaban J connectivity index is 1.70. The molecule has 116 valence electrons. The highest BCUT2D eigenvalue weighted by Crippen LogP contribution is 2.25. The van der Waals surface area contributed by atoms with Crippen molar-refractivity contribution in [3.8, 4) is 17.0 Å². The van der Waals surface area contributed by atoms with Crippen LogP contribution in [0.5, 0.6) is 5.75 Å². The minimum atomic E-state index is 0.341. The van der Waals surface area contributed by atoms with Gasteiger partial charge in [-0.1, -0.05) is 25.7 Å². The zero-order valence-electron chi connectivity index (χ0n) is 12.8. The summed E-state index contributed by atoms with van der Waals surface area (Å²) in [5.41, 5.74) is 2.74. The molecule has 1 saturated carbocycles. The van der Waals surface area contributed by atoms with Crippen molar-refractivity contribution in [2.24, 2.45) is 0 Å². The molecule has 0 spiro atoms. The highest BCUT2D eigenvalue weighted by molar-refractivity contribution is 5.60. The van der Waals surface area contributed by atoms with E-state index in [1.54, 1.807) is 24.7 Å². The third-order valence-electron chi connectivity index (χ3n) is 4.37. The summed E-state index contributed by atoms with van der Waals surface area (Å²) in [6, 6.07) is 6.20. The molecule has 0 aliphatic heterocycles. The summed E-state index contributed by atoms with van der Waals surface area (Å²) in [5, 5.41) is 13.7. The summed E-state index contributed by atoms with van der Waals surface area (Å²) >= 11 is 0. The lowest BCUT2D eigenvalue weighted by Gasteiger charge is -2.17. The molecule has 4 heteroatoms. The van der Waals surface area contributed by atoms with Gasteiger partial charge in [-0.25, -0.2) is 0 Å². The number of aromatic nitrogens is 2. The number of hydrogen-bond acceptors (Lipinski definition) is 4. The van der Waals surface area contributed by atoms with Crippen molar-refractivity contribution < 1.29 is 5.11 Å². The van der Waals surface area contributed by atoms with Crippen molar-refractivity contribution in [2.75, 3.05) is 0 Å². The average Bonchev–Trinajstić information content (AvgIpc) is 2.84. The molecule has 1 aromatic heterocycles. The summed E-state index contributed by atoms with van der Waals surface area (Å²) in [6.07, 6.45) is 12.9. The van der Waals surface area contributed by atoms with Crippen LogP contribution in [0.25, 0.3) is 11.3 Å². The molecule has 22 heavy (non-hydrogen) atoms. The second-order valence-electron chi connectivity index (χ2n) is 6.00. The standard InChI is InChI=1S/C18H23N3O/c22-18-8-7-14(17-13-19-9-10-20-17)11-15(18)12-21-16-5-3-1-2-4-6-16/h7-11,13,16,21-22H,1-6,12H2. The molecule has 1 aromatic carbocycles.